The fraction of sp³-hybridized carbons (Fsp3) is 0.483. The molecule has 4 rings (SSSR count). The smallest absolute Gasteiger partial charge is 0.246 e. The van der Waals surface area contributed by atoms with Gasteiger partial charge in [0.2, 0.25) is 5.91 Å². The molecule has 0 spiro atoms. The summed E-state index contributed by atoms with van der Waals surface area (Å²) in [5, 5.41) is 0. The summed E-state index contributed by atoms with van der Waals surface area (Å²) in [5.41, 5.74) is 5.31. The van der Waals surface area contributed by atoms with Gasteiger partial charge in [-0.25, -0.2) is 0 Å². The normalized spacial score (nSPS) is 20.6. The van der Waals surface area contributed by atoms with Gasteiger partial charge in [-0.2, -0.15) is 0 Å². The van der Waals surface area contributed by atoms with Crippen molar-refractivity contribution in [2.45, 2.75) is 64.5 Å². The number of piperidine rings is 1. The van der Waals surface area contributed by atoms with Crippen LogP contribution in [0.25, 0.3) is 0 Å². The van der Waals surface area contributed by atoms with Gasteiger partial charge in [-0.1, -0.05) is 72.2 Å². The summed E-state index contributed by atoms with van der Waals surface area (Å²) in [6.45, 7) is 5.28. The van der Waals surface area contributed by atoms with Crippen LogP contribution in [-0.4, -0.2) is 35.8 Å². The van der Waals surface area contributed by atoms with Crippen LogP contribution < -0.4 is 0 Å². The van der Waals surface area contributed by atoms with E-state index in [1.165, 1.54) is 67.5 Å². The summed E-state index contributed by atoms with van der Waals surface area (Å²) in [5.74, 6) is 0.804. The zero-order chi connectivity index (χ0) is 22.3. The van der Waals surface area contributed by atoms with Crippen molar-refractivity contribution in [2.75, 3.05) is 20.1 Å². The summed E-state index contributed by atoms with van der Waals surface area (Å²) in [6, 6.07) is 20.0. The van der Waals surface area contributed by atoms with E-state index < -0.39 is 0 Å². The molecule has 1 saturated carbocycles. The quantitative estimate of drug-likeness (QED) is 0.502. The van der Waals surface area contributed by atoms with Gasteiger partial charge < -0.3 is 4.90 Å². The number of benzene rings is 2. The minimum absolute atomic E-state index is 0.133. The number of hydrogen-bond donors (Lipinski definition) is 0. The predicted molar refractivity (Wildman–Crippen MR) is 132 cm³/mol. The van der Waals surface area contributed by atoms with Crippen LogP contribution in [-0.2, 0) is 11.3 Å². The molecule has 0 bridgehead atoms. The first-order valence-corrected chi connectivity index (χ1v) is 12.4. The standard InChI is InChI=1S/C29H38N2O/c1-23-11-15-26(16-12-23)29(31-19-7-4-8-20-31)27-17-13-24(14-18-27)21-28(32)30(2)22-25-9-5-3-6-10-25/h3,5-6,9-12,15-16,21,27,29H,4,7-8,13-14,17-20,22H2,1-2H3. The highest BCUT2D eigenvalue weighted by molar-refractivity contribution is 5.88. The van der Waals surface area contributed by atoms with E-state index in [1.54, 1.807) is 0 Å². The molecule has 3 heteroatoms. The minimum Gasteiger partial charge on any atom is -0.338 e. The molecule has 1 amide bonds. The van der Waals surface area contributed by atoms with Crippen LogP contribution in [0, 0.1) is 12.8 Å². The number of carbonyl (C=O) groups is 1. The van der Waals surface area contributed by atoms with Crippen molar-refractivity contribution in [1.29, 1.82) is 0 Å². The summed E-state index contributed by atoms with van der Waals surface area (Å²) in [6.07, 6.45) is 10.4. The van der Waals surface area contributed by atoms with E-state index in [2.05, 4.69) is 48.2 Å². The third-order valence-electron chi connectivity index (χ3n) is 7.29. The molecule has 32 heavy (non-hydrogen) atoms. The predicted octanol–water partition coefficient (Wildman–Crippen LogP) is 6.30. The topological polar surface area (TPSA) is 23.6 Å². The second-order valence-electron chi connectivity index (χ2n) is 9.77. The lowest BCUT2D eigenvalue weighted by molar-refractivity contribution is -0.125. The van der Waals surface area contributed by atoms with Gasteiger partial charge in [0.05, 0.1) is 0 Å². The highest BCUT2D eigenvalue weighted by Crippen LogP contribution is 2.41. The third-order valence-corrected chi connectivity index (χ3v) is 7.29. The fourth-order valence-electron chi connectivity index (χ4n) is 5.43. The molecule has 3 nitrogen and oxygen atoms in total. The van der Waals surface area contributed by atoms with Crippen molar-refractivity contribution in [3.05, 3.63) is 82.9 Å². The van der Waals surface area contributed by atoms with E-state index >= 15 is 0 Å². The Balaban J connectivity index is 1.39. The first-order valence-electron chi connectivity index (χ1n) is 12.4. The monoisotopic (exact) mass is 430 g/mol. The molecule has 170 valence electrons. The van der Waals surface area contributed by atoms with Gasteiger partial charge in [-0.05, 0) is 75.6 Å². The largest absolute Gasteiger partial charge is 0.338 e. The molecule has 1 aliphatic heterocycles. The molecule has 2 aromatic carbocycles. The number of amides is 1. The van der Waals surface area contributed by atoms with Gasteiger partial charge in [0.1, 0.15) is 0 Å². The Bertz CT molecular complexity index is 887. The lowest BCUT2D eigenvalue weighted by Crippen LogP contribution is -2.38. The van der Waals surface area contributed by atoms with Crippen LogP contribution in [0.4, 0.5) is 0 Å². The summed E-state index contributed by atoms with van der Waals surface area (Å²) in [7, 11) is 1.90. The van der Waals surface area contributed by atoms with Gasteiger partial charge in [-0.15, -0.1) is 0 Å². The Morgan fingerprint density at radius 1 is 1.00 bits per heavy atom. The van der Waals surface area contributed by atoms with Crippen LogP contribution >= 0.6 is 0 Å². The van der Waals surface area contributed by atoms with E-state index in [0.717, 1.165) is 12.8 Å². The molecule has 1 saturated heterocycles. The van der Waals surface area contributed by atoms with Crippen molar-refractivity contribution < 1.29 is 4.79 Å². The SMILES string of the molecule is Cc1ccc(C(C2CCC(=CC(=O)N(C)Cc3ccccc3)CC2)N2CCCCC2)cc1. The number of likely N-dealkylation sites (N-methyl/N-ethyl adjacent to an activating group) is 1. The third kappa shape index (κ3) is 5.89. The summed E-state index contributed by atoms with van der Waals surface area (Å²) >= 11 is 0. The molecule has 2 fully saturated rings. The fourth-order valence-corrected chi connectivity index (χ4v) is 5.43. The van der Waals surface area contributed by atoms with Crippen LogP contribution in [0.2, 0.25) is 0 Å². The maximum Gasteiger partial charge on any atom is 0.246 e. The number of allylic oxidation sites excluding steroid dienone is 1. The molecule has 2 aromatic rings. The van der Waals surface area contributed by atoms with Crippen molar-refractivity contribution in [1.82, 2.24) is 9.80 Å². The molecule has 1 atom stereocenters. The summed E-state index contributed by atoms with van der Waals surface area (Å²) < 4.78 is 0. The molecule has 0 aromatic heterocycles. The Kier molecular flexibility index (Phi) is 7.81. The van der Waals surface area contributed by atoms with Crippen LogP contribution in [0.1, 0.15) is 67.7 Å². The van der Waals surface area contributed by atoms with E-state index in [-0.39, 0.29) is 5.91 Å². The van der Waals surface area contributed by atoms with Gasteiger partial charge in [0.25, 0.3) is 0 Å². The molecular formula is C29H38N2O. The van der Waals surface area contributed by atoms with E-state index in [9.17, 15) is 4.79 Å². The van der Waals surface area contributed by atoms with Gasteiger partial charge in [-0.3, -0.25) is 9.69 Å². The summed E-state index contributed by atoms with van der Waals surface area (Å²) in [4.78, 5) is 17.3. The maximum absolute atomic E-state index is 12.8. The van der Waals surface area contributed by atoms with E-state index in [1.807, 2.05) is 36.2 Å². The van der Waals surface area contributed by atoms with Crippen molar-refractivity contribution in [3.8, 4) is 0 Å². The number of hydrogen-bond acceptors (Lipinski definition) is 2. The molecule has 1 heterocycles. The Labute approximate surface area is 194 Å². The first-order chi connectivity index (χ1) is 15.6. The van der Waals surface area contributed by atoms with E-state index in [4.69, 9.17) is 0 Å². The minimum atomic E-state index is 0.133. The average Bonchev–Trinajstić information content (AvgIpc) is 2.83. The first kappa shape index (κ1) is 22.8. The van der Waals surface area contributed by atoms with Crippen LogP contribution in [0.3, 0.4) is 0 Å². The number of likely N-dealkylation sites (tertiary alicyclic amines) is 1. The number of aryl methyl sites for hydroxylation is 1. The Hall–Kier alpha value is -2.39. The zero-order valence-electron chi connectivity index (χ0n) is 19.8. The molecule has 0 radical (unpaired) electrons. The molecule has 1 unspecified atom stereocenters. The molecule has 2 aliphatic rings. The lowest BCUT2D eigenvalue weighted by atomic mass is 9.77. The number of nitrogens with zero attached hydrogens (tertiary/aromatic N) is 2. The number of carbonyl (C=O) groups excluding carboxylic acids is 1. The van der Waals surface area contributed by atoms with Crippen molar-refractivity contribution in [3.63, 3.8) is 0 Å². The molecule has 0 N–H and O–H groups in total. The van der Waals surface area contributed by atoms with Gasteiger partial charge >= 0.3 is 0 Å². The molecular weight excluding hydrogens is 392 g/mol. The average molecular weight is 431 g/mol. The zero-order valence-corrected chi connectivity index (χ0v) is 19.8. The van der Waals surface area contributed by atoms with Crippen molar-refractivity contribution >= 4 is 5.91 Å². The second kappa shape index (κ2) is 11.0. The van der Waals surface area contributed by atoms with Crippen LogP contribution in [0.5, 0.6) is 0 Å². The van der Waals surface area contributed by atoms with Crippen molar-refractivity contribution in [2.24, 2.45) is 5.92 Å². The second-order valence-corrected chi connectivity index (χ2v) is 9.77. The maximum atomic E-state index is 12.8. The van der Waals surface area contributed by atoms with Gasteiger partial charge in [0.15, 0.2) is 0 Å². The lowest BCUT2D eigenvalue weighted by Gasteiger charge is -2.41. The Morgan fingerprint density at radius 3 is 2.31 bits per heavy atom. The number of rotatable bonds is 6. The highest BCUT2D eigenvalue weighted by atomic mass is 16.2. The van der Waals surface area contributed by atoms with Crippen LogP contribution in [0.15, 0.2) is 66.2 Å². The molecule has 1 aliphatic carbocycles. The highest BCUT2D eigenvalue weighted by Gasteiger charge is 2.32. The Morgan fingerprint density at radius 2 is 1.66 bits per heavy atom. The van der Waals surface area contributed by atoms with Gasteiger partial charge in [0, 0.05) is 25.7 Å². The van der Waals surface area contributed by atoms with E-state index in [0.29, 0.717) is 18.5 Å².